The standard InChI is InChI=1S/C17H15F3N6O/c1-10-2-4-11(5-3-10)25-7-6-12(15(25)27)23-14-8-13(17(18,19)20)24-16-21-9-22-26(14)16/h2-5,8-9,12,23H,6-7H2,1H3. The van der Waals surface area contributed by atoms with Gasteiger partial charge in [0.2, 0.25) is 5.91 Å². The van der Waals surface area contributed by atoms with Crippen molar-refractivity contribution in [2.45, 2.75) is 25.6 Å². The second-order valence-corrected chi connectivity index (χ2v) is 6.31. The highest BCUT2D eigenvalue weighted by atomic mass is 19.4. The molecular weight excluding hydrogens is 361 g/mol. The normalized spacial score (nSPS) is 17.7. The number of benzene rings is 1. The van der Waals surface area contributed by atoms with Crippen molar-refractivity contribution in [3.05, 3.63) is 47.9 Å². The zero-order chi connectivity index (χ0) is 19.2. The van der Waals surface area contributed by atoms with Gasteiger partial charge in [-0.2, -0.15) is 27.8 Å². The summed E-state index contributed by atoms with van der Waals surface area (Å²) < 4.78 is 40.4. The molecule has 0 aliphatic carbocycles. The Morgan fingerprint density at radius 3 is 2.67 bits per heavy atom. The van der Waals surface area contributed by atoms with Gasteiger partial charge in [0.15, 0.2) is 5.69 Å². The Labute approximate surface area is 151 Å². The van der Waals surface area contributed by atoms with E-state index in [9.17, 15) is 18.0 Å². The summed E-state index contributed by atoms with van der Waals surface area (Å²) in [5.41, 5.74) is 0.739. The number of anilines is 2. The lowest BCUT2D eigenvalue weighted by molar-refractivity contribution is -0.141. The minimum atomic E-state index is -4.63. The summed E-state index contributed by atoms with van der Waals surface area (Å²) in [6.07, 6.45) is -3.06. The topological polar surface area (TPSA) is 75.4 Å². The highest BCUT2D eigenvalue weighted by Crippen LogP contribution is 2.30. The van der Waals surface area contributed by atoms with Crippen molar-refractivity contribution < 1.29 is 18.0 Å². The van der Waals surface area contributed by atoms with E-state index in [1.54, 1.807) is 4.90 Å². The Bertz CT molecular complexity index is 998. The Morgan fingerprint density at radius 2 is 1.96 bits per heavy atom. The van der Waals surface area contributed by atoms with E-state index in [4.69, 9.17) is 0 Å². The third-order valence-corrected chi connectivity index (χ3v) is 4.42. The average Bonchev–Trinajstić information content (AvgIpc) is 3.22. The highest BCUT2D eigenvalue weighted by Gasteiger charge is 2.36. The van der Waals surface area contributed by atoms with Crippen LogP contribution < -0.4 is 10.2 Å². The van der Waals surface area contributed by atoms with E-state index < -0.39 is 17.9 Å². The number of amides is 1. The number of aryl methyl sites for hydroxylation is 1. The number of carbonyl (C=O) groups is 1. The third kappa shape index (κ3) is 3.18. The minimum absolute atomic E-state index is 0.0222. The van der Waals surface area contributed by atoms with E-state index in [-0.39, 0.29) is 17.5 Å². The van der Waals surface area contributed by atoms with Crippen LogP contribution in [-0.2, 0) is 11.0 Å². The van der Waals surface area contributed by atoms with Crippen molar-refractivity contribution in [1.82, 2.24) is 19.6 Å². The molecule has 1 atom stereocenters. The largest absolute Gasteiger partial charge is 0.433 e. The van der Waals surface area contributed by atoms with E-state index in [1.807, 2.05) is 31.2 Å². The van der Waals surface area contributed by atoms with Crippen LogP contribution in [0.4, 0.5) is 24.7 Å². The first-order valence-electron chi connectivity index (χ1n) is 8.25. The summed E-state index contributed by atoms with van der Waals surface area (Å²) in [7, 11) is 0. The van der Waals surface area contributed by atoms with Crippen LogP contribution in [-0.4, -0.2) is 38.1 Å². The number of nitrogens with zero attached hydrogens (tertiary/aromatic N) is 5. The monoisotopic (exact) mass is 376 g/mol. The SMILES string of the molecule is Cc1ccc(N2CCC(Nc3cc(C(F)(F)F)nc4ncnn34)C2=O)cc1. The summed E-state index contributed by atoms with van der Waals surface area (Å²) in [6.45, 7) is 2.42. The van der Waals surface area contributed by atoms with Crippen LogP contribution in [0.15, 0.2) is 36.7 Å². The van der Waals surface area contributed by atoms with Crippen LogP contribution >= 0.6 is 0 Å². The van der Waals surface area contributed by atoms with E-state index in [0.29, 0.717) is 13.0 Å². The molecule has 10 heteroatoms. The van der Waals surface area contributed by atoms with Crippen molar-refractivity contribution >= 4 is 23.2 Å². The third-order valence-electron chi connectivity index (χ3n) is 4.42. The maximum Gasteiger partial charge on any atom is 0.433 e. The van der Waals surface area contributed by atoms with Gasteiger partial charge in [-0.1, -0.05) is 17.7 Å². The Hall–Kier alpha value is -3.17. The Morgan fingerprint density at radius 1 is 1.22 bits per heavy atom. The van der Waals surface area contributed by atoms with Crippen molar-refractivity contribution in [3.63, 3.8) is 0 Å². The van der Waals surface area contributed by atoms with Crippen molar-refractivity contribution in [1.29, 1.82) is 0 Å². The zero-order valence-electron chi connectivity index (χ0n) is 14.2. The lowest BCUT2D eigenvalue weighted by atomic mass is 10.2. The molecule has 1 aromatic carbocycles. The predicted octanol–water partition coefficient (Wildman–Crippen LogP) is 2.67. The summed E-state index contributed by atoms with van der Waals surface area (Å²) in [5.74, 6) is -0.375. The van der Waals surface area contributed by atoms with Gasteiger partial charge < -0.3 is 10.2 Å². The average molecular weight is 376 g/mol. The summed E-state index contributed by atoms with van der Waals surface area (Å²) in [4.78, 5) is 21.5. The molecule has 1 N–H and O–H groups in total. The Balaban J connectivity index is 1.62. The van der Waals surface area contributed by atoms with Crippen LogP contribution in [0.5, 0.6) is 0 Å². The number of rotatable bonds is 3. The van der Waals surface area contributed by atoms with Crippen LogP contribution in [0.1, 0.15) is 17.7 Å². The van der Waals surface area contributed by atoms with Crippen LogP contribution in [0, 0.1) is 6.92 Å². The van der Waals surface area contributed by atoms with Gasteiger partial charge >= 0.3 is 6.18 Å². The van der Waals surface area contributed by atoms with Gasteiger partial charge in [0.1, 0.15) is 18.2 Å². The number of carbonyl (C=O) groups excluding carboxylic acids is 1. The number of aromatic nitrogens is 4. The van der Waals surface area contributed by atoms with Crippen molar-refractivity contribution in [2.75, 3.05) is 16.8 Å². The fraction of sp³-hybridized carbons (Fsp3) is 0.294. The van der Waals surface area contributed by atoms with Gasteiger partial charge in [-0.15, -0.1) is 0 Å². The molecule has 4 rings (SSSR count). The summed E-state index contributed by atoms with van der Waals surface area (Å²) in [5, 5.41) is 6.76. The summed E-state index contributed by atoms with van der Waals surface area (Å²) in [6, 6.07) is 7.67. The molecule has 0 spiro atoms. The molecule has 0 saturated carbocycles. The molecule has 1 aliphatic heterocycles. The molecule has 7 nitrogen and oxygen atoms in total. The fourth-order valence-electron chi connectivity index (χ4n) is 3.03. The van der Waals surface area contributed by atoms with Gasteiger partial charge in [-0.05, 0) is 25.5 Å². The molecule has 1 saturated heterocycles. The molecule has 3 aromatic rings. The van der Waals surface area contributed by atoms with Gasteiger partial charge in [-0.25, -0.2) is 4.98 Å². The van der Waals surface area contributed by atoms with Crippen LogP contribution in [0.3, 0.4) is 0 Å². The first kappa shape index (κ1) is 17.3. The van der Waals surface area contributed by atoms with Gasteiger partial charge in [0.05, 0.1) is 0 Å². The number of fused-ring (bicyclic) bond motifs is 1. The van der Waals surface area contributed by atoms with Gasteiger partial charge in [0, 0.05) is 18.3 Å². The molecule has 27 heavy (non-hydrogen) atoms. The minimum Gasteiger partial charge on any atom is -0.358 e. The smallest absolute Gasteiger partial charge is 0.358 e. The molecule has 3 heterocycles. The molecule has 1 amide bonds. The Kier molecular flexibility index (Phi) is 3.97. The molecule has 1 fully saturated rings. The quantitative estimate of drug-likeness (QED) is 0.761. The molecule has 2 aromatic heterocycles. The van der Waals surface area contributed by atoms with E-state index in [1.165, 1.54) is 0 Å². The van der Waals surface area contributed by atoms with Crippen LogP contribution in [0.2, 0.25) is 0 Å². The fourth-order valence-corrected chi connectivity index (χ4v) is 3.03. The lowest BCUT2D eigenvalue weighted by Gasteiger charge is -2.18. The van der Waals surface area contributed by atoms with Crippen LogP contribution in [0.25, 0.3) is 5.78 Å². The summed E-state index contributed by atoms with van der Waals surface area (Å²) >= 11 is 0. The number of alkyl halides is 3. The molecule has 1 unspecified atom stereocenters. The predicted molar refractivity (Wildman–Crippen MR) is 91.3 cm³/mol. The van der Waals surface area contributed by atoms with E-state index in [0.717, 1.165) is 28.2 Å². The number of nitrogens with one attached hydrogen (secondary N) is 1. The second kappa shape index (κ2) is 6.22. The second-order valence-electron chi connectivity index (χ2n) is 6.31. The van der Waals surface area contributed by atoms with Gasteiger partial charge in [0.25, 0.3) is 5.78 Å². The van der Waals surface area contributed by atoms with Gasteiger partial charge in [-0.3, -0.25) is 4.79 Å². The number of hydrogen-bond donors (Lipinski definition) is 1. The van der Waals surface area contributed by atoms with Crippen molar-refractivity contribution in [3.8, 4) is 0 Å². The number of halogens is 3. The molecular formula is C17H15F3N6O. The molecule has 0 radical (unpaired) electrons. The van der Waals surface area contributed by atoms with E-state index >= 15 is 0 Å². The molecule has 140 valence electrons. The molecule has 1 aliphatic rings. The lowest BCUT2D eigenvalue weighted by Crippen LogP contribution is -2.34. The number of hydrogen-bond acceptors (Lipinski definition) is 5. The molecule has 0 bridgehead atoms. The maximum absolute atomic E-state index is 13.1. The first-order valence-corrected chi connectivity index (χ1v) is 8.25. The maximum atomic E-state index is 13.1. The zero-order valence-corrected chi connectivity index (χ0v) is 14.2. The highest BCUT2D eigenvalue weighted by molar-refractivity contribution is 6.00. The first-order chi connectivity index (χ1) is 12.8. The van der Waals surface area contributed by atoms with E-state index in [2.05, 4.69) is 20.4 Å². The van der Waals surface area contributed by atoms with Crippen molar-refractivity contribution in [2.24, 2.45) is 0 Å².